The Kier molecular flexibility index (Phi) is 7.10. The Morgan fingerprint density at radius 2 is 1.74 bits per heavy atom. The molecule has 1 amide bonds. The average molecular weight is 472 g/mol. The summed E-state index contributed by atoms with van der Waals surface area (Å²) in [6, 6.07) is 6.03. The van der Waals surface area contributed by atoms with Gasteiger partial charge in [0.15, 0.2) is 9.84 Å². The summed E-state index contributed by atoms with van der Waals surface area (Å²) in [5.41, 5.74) is 0.556. The predicted octanol–water partition coefficient (Wildman–Crippen LogP) is 4.76. The maximum Gasteiger partial charge on any atom is 0.243 e. The smallest absolute Gasteiger partial charge is 0.243 e. The molecule has 0 spiro atoms. The van der Waals surface area contributed by atoms with Crippen LogP contribution in [0.5, 0.6) is 5.75 Å². The van der Waals surface area contributed by atoms with Crippen molar-refractivity contribution in [3.05, 3.63) is 44.4 Å². The number of amides is 1. The van der Waals surface area contributed by atoms with Gasteiger partial charge >= 0.3 is 0 Å². The number of sulfone groups is 1. The van der Waals surface area contributed by atoms with Crippen molar-refractivity contribution in [3.63, 3.8) is 0 Å². The van der Waals surface area contributed by atoms with Gasteiger partial charge < -0.3 is 15.4 Å². The maximum absolute atomic E-state index is 12.2. The first-order valence-electron chi connectivity index (χ1n) is 7.29. The number of halogens is 4. The monoisotopic (exact) mass is 470 g/mol. The van der Waals surface area contributed by atoms with E-state index in [0.29, 0.717) is 10.7 Å². The summed E-state index contributed by atoms with van der Waals surface area (Å²) < 4.78 is 29.0. The van der Waals surface area contributed by atoms with Gasteiger partial charge in [0.05, 0.1) is 35.1 Å². The largest absolute Gasteiger partial charge is 0.495 e. The zero-order chi connectivity index (χ0) is 20.4. The van der Waals surface area contributed by atoms with Crippen LogP contribution in [0.3, 0.4) is 0 Å². The second-order valence-corrected chi connectivity index (χ2v) is 8.93. The minimum atomic E-state index is -3.73. The number of rotatable bonds is 6. The third kappa shape index (κ3) is 5.33. The topological polar surface area (TPSA) is 84.5 Å². The number of nitrogens with one attached hydrogen (secondary N) is 2. The number of carbonyl (C=O) groups is 1. The number of carbonyl (C=O) groups excluding carboxylic acids is 1. The van der Waals surface area contributed by atoms with Crippen molar-refractivity contribution in [3.8, 4) is 5.75 Å². The number of hydrogen-bond donors (Lipinski definition) is 2. The van der Waals surface area contributed by atoms with Crippen molar-refractivity contribution in [1.82, 2.24) is 0 Å². The number of benzene rings is 2. The summed E-state index contributed by atoms with van der Waals surface area (Å²) in [6.07, 6.45) is 0.971. The molecule has 0 aliphatic heterocycles. The highest BCUT2D eigenvalue weighted by molar-refractivity contribution is 7.91. The van der Waals surface area contributed by atoms with Crippen molar-refractivity contribution < 1.29 is 17.9 Å². The van der Waals surface area contributed by atoms with Crippen molar-refractivity contribution in [1.29, 1.82) is 0 Å². The van der Waals surface area contributed by atoms with Crippen molar-refractivity contribution in [2.45, 2.75) is 4.90 Å². The van der Waals surface area contributed by atoms with Crippen LogP contribution in [0.25, 0.3) is 0 Å². The molecular formula is C16H14Cl4N2O4S. The van der Waals surface area contributed by atoms with E-state index < -0.39 is 15.7 Å². The maximum atomic E-state index is 12.2. The summed E-state index contributed by atoms with van der Waals surface area (Å²) >= 11 is 24.0. The van der Waals surface area contributed by atoms with Gasteiger partial charge in [-0.15, -0.1) is 0 Å². The quantitative estimate of drug-likeness (QED) is 0.634. The highest BCUT2D eigenvalue weighted by Crippen LogP contribution is 2.41. The van der Waals surface area contributed by atoms with Gasteiger partial charge in [0.1, 0.15) is 15.7 Å². The Morgan fingerprint density at radius 3 is 2.30 bits per heavy atom. The van der Waals surface area contributed by atoms with Crippen LogP contribution >= 0.6 is 46.4 Å². The molecule has 0 bridgehead atoms. The van der Waals surface area contributed by atoms with E-state index in [9.17, 15) is 13.2 Å². The molecule has 0 fully saturated rings. The number of methoxy groups -OCH3 is 1. The summed E-state index contributed by atoms with van der Waals surface area (Å²) in [4.78, 5) is 11.9. The Hall–Kier alpha value is -1.38. The van der Waals surface area contributed by atoms with Crippen molar-refractivity contribution >= 4 is 73.5 Å². The molecule has 2 aromatic rings. The zero-order valence-corrected chi connectivity index (χ0v) is 17.9. The Labute approximate surface area is 176 Å². The van der Waals surface area contributed by atoms with Gasteiger partial charge in [-0.25, -0.2) is 8.42 Å². The van der Waals surface area contributed by atoms with Gasteiger partial charge in [-0.1, -0.05) is 46.4 Å². The number of hydrogen-bond acceptors (Lipinski definition) is 5. The fraction of sp³-hybridized carbons (Fsp3) is 0.188. The normalized spacial score (nSPS) is 11.2. The lowest BCUT2D eigenvalue weighted by Crippen LogP contribution is -2.22. The lowest BCUT2D eigenvalue weighted by molar-refractivity contribution is -0.114. The van der Waals surface area contributed by atoms with Gasteiger partial charge in [-0.2, -0.15) is 0 Å². The molecule has 0 aliphatic carbocycles. The summed E-state index contributed by atoms with van der Waals surface area (Å²) in [5, 5.41) is 5.81. The Morgan fingerprint density at radius 1 is 1.07 bits per heavy atom. The van der Waals surface area contributed by atoms with E-state index in [1.54, 1.807) is 12.1 Å². The summed E-state index contributed by atoms with van der Waals surface area (Å²) in [5.74, 6) is -0.338. The molecule has 2 rings (SSSR count). The first-order valence-corrected chi connectivity index (χ1v) is 10.7. The molecule has 2 aromatic carbocycles. The third-order valence-corrected chi connectivity index (χ3v) is 6.05. The Bertz CT molecular complexity index is 996. The first-order chi connectivity index (χ1) is 12.5. The van der Waals surface area contributed by atoms with Crippen LogP contribution in [0.4, 0.5) is 11.4 Å². The number of ether oxygens (including phenoxy) is 1. The minimum absolute atomic E-state index is 0.102. The number of anilines is 2. The lowest BCUT2D eigenvalue weighted by atomic mass is 10.3. The molecule has 146 valence electrons. The zero-order valence-electron chi connectivity index (χ0n) is 14.1. The Balaban J connectivity index is 2.23. The van der Waals surface area contributed by atoms with E-state index >= 15 is 0 Å². The molecule has 0 aliphatic rings. The molecule has 0 unspecified atom stereocenters. The first kappa shape index (κ1) is 21.9. The fourth-order valence-electron chi connectivity index (χ4n) is 2.15. The molecule has 0 heterocycles. The standard InChI is InChI=1S/C16H14Cl4N2O4S/c1-26-12-6-11(14(19)16(15(12)20)27(2,24)25)21-7-13(23)22-10-4-3-8(17)5-9(10)18/h3-6,21H,7H2,1-2H3,(H,22,23). The fourth-order valence-corrected chi connectivity index (χ4v) is 4.80. The molecule has 6 nitrogen and oxygen atoms in total. The van der Waals surface area contributed by atoms with Gasteiger partial charge in [0.25, 0.3) is 0 Å². The van der Waals surface area contributed by atoms with E-state index in [-0.39, 0.29) is 37.9 Å². The predicted molar refractivity (Wildman–Crippen MR) is 110 cm³/mol. The molecule has 0 radical (unpaired) electrons. The van der Waals surface area contributed by atoms with Gasteiger partial charge in [-0.3, -0.25) is 4.79 Å². The van der Waals surface area contributed by atoms with E-state index in [1.807, 2.05) is 0 Å². The molecule has 0 aromatic heterocycles. The summed E-state index contributed by atoms with van der Waals surface area (Å²) in [7, 11) is -2.40. The van der Waals surface area contributed by atoms with Crippen LogP contribution in [0.2, 0.25) is 20.1 Å². The molecule has 2 N–H and O–H groups in total. The van der Waals surface area contributed by atoms with Crippen LogP contribution in [0.15, 0.2) is 29.2 Å². The van der Waals surface area contributed by atoms with Crippen LogP contribution in [0.1, 0.15) is 0 Å². The van der Waals surface area contributed by atoms with E-state index in [4.69, 9.17) is 51.1 Å². The molecular weight excluding hydrogens is 458 g/mol. The third-order valence-electron chi connectivity index (χ3n) is 3.36. The van der Waals surface area contributed by atoms with Crippen molar-refractivity contribution in [2.75, 3.05) is 30.5 Å². The molecule has 0 saturated heterocycles. The average Bonchev–Trinajstić information content (AvgIpc) is 2.55. The van der Waals surface area contributed by atoms with E-state index in [0.717, 1.165) is 6.26 Å². The van der Waals surface area contributed by atoms with Crippen molar-refractivity contribution in [2.24, 2.45) is 0 Å². The van der Waals surface area contributed by atoms with Gasteiger partial charge in [-0.05, 0) is 18.2 Å². The highest BCUT2D eigenvalue weighted by Gasteiger charge is 2.24. The van der Waals surface area contributed by atoms with Crippen LogP contribution in [-0.2, 0) is 14.6 Å². The van der Waals surface area contributed by atoms with Crippen LogP contribution < -0.4 is 15.4 Å². The molecule has 27 heavy (non-hydrogen) atoms. The molecule has 0 atom stereocenters. The van der Waals surface area contributed by atoms with Crippen LogP contribution in [0, 0.1) is 0 Å². The summed E-state index contributed by atoms with van der Waals surface area (Å²) in [6.45, 7) is -0.216. The van der Waals surface area contributed by atoms with Crippen LogP contribution in [-0.4, -0.2) is 34.2 Å². The highest BCUT2D eigenvalue weighted by atomic mass is 35.5. The lowest BCUT2D eigenvalue weighted by Gasteiger charge is -2.15. The molecule has 0 saturated carbocycles. The van der Waals surface area contributed by atoms with Gasteiger partial charge in [0, 0.05) is 17.3 Å². The van der Waals surface area contributed by atoms with E-state index in [1.165, 1.54) is 19.2 Å². The second-order valence-electron chi connectivity index (χ2n) is 5.38. The SMILES string of the molecule is COc1cc(NCC(=O)Nc2ccc(Cl)cc2Cl)c(Cl)c(S(C)(=O)=O)c1Cl. The molecule has 11 heteroatoms. The van der Waals surface area contributed by atoms with E-state index in [2.05, 4.69) is 10.6 Å². The minimum Gasteiger partial charge on any atom is -0.495 e. The second kappa shape index (κ2) is 8.75. The van der Waals surface area contributed by atoms with Gasteiger partial charge in [0.2, 0.25) is 5.91 Å².